The van der Waals surface area contributed by atoms with E-state index in [-0.39, 0.29) is 17.9 Å². The molecule has 0 aliphatic carbocycles. The van der Waals surface area contributed by atoms with Gasteiger partial charge in [0.2, 0.25) is 5.91 Å². The summed E-state index contributed by atoms with van der Waals surface area (Å²) in [6.07, 6.45) is 6.33. The molecule has 2 heterocycles. The molecule has 0 radical (unpaired) electrons. The third-order valence-corrected chi connectivity index (χ3v) is 3.78. The second-order valence-corrected chi connectivity index (χ2v) is 5.88. The van der Waals surface area contributed by atoms with E-state index in [4.69, 9.17) is 0 Å². The number of amides is 2. The molecule has 2 rings (SSSR count). The lowest BCUT2D eigenvalue weighted by atomic mass is 10.2. The summed E-state index contributed by atoms with van der Waals surface area (Å²) in [5, 5.41) is 9.41. The normalized spacial score (nSPS) is 11.9. The minimum absolute atomic E-state index is 0.00241. The Morgan fingerprint density at radius 1 is 1.45 bits per heavy atom. The fourth-order valence-electron chi connectivity index (χ4n) is 2.05. The first-order valence-electron chi connectivity index (χ1n) is 7.20. The van der Waals surface area contributed by atoms with E-state index in [1.807, 2.05) is 23.1 Å². The number of thiophene rings is 1. The number of hydrogen-bond donors (Lipinski definition) is 2. The molecule has 0 spiro atoms. The summed E-state index contributed by atoms with van der Waals surface area (Å²) < 4.78 is 1.92. The number of hydrogen-bond acceptors (Lipinski definition) is 4. The van der Waals surface area contributed by atoms with Crippen LogP contribution < -0.4 is 10.6 Å². The number of aromatic nitrogens is 2. The Morgan fingerprint density at radius 2 is 2.32 bits per heavy atom. The van der Waals surface area contributed by atoms with Crippen molar-refractivity contribution < 1.29 is 9.59 Å². The number of nitrogens with zero attached hydrogens (tertiary/aromatic N) is 2. The average molecular weight is 320 g/mol. The van der Waals surface area contributed by atoms with Crippen molar-refractivity contribution in [3.05, 3.63) is 41.1 Å². The minimum atomic E-state index is -0.0878. The van der Waals surface area contributed by atoms with Crippen LogP contribution in [0.1, 0.15) is 30.1 Å². The summed E-state index contributed by atoms with van der Waals surface area (Å²) in [6.45, 7) is 3.15. The largest absolute Gasteiger partial charge is 0.352 e. The Balaban J connectivity index is 1.58. The van der Waals surface area contributed by atoms with E-state index in [0.29, 0.717) is 31.5 Å². The van der Waals surface area contributed by atoms with E-state index in [0.717, 1.165) is 0 Å². The van der Waals surface area contributed by atoms with Crippen LogP contribution >= 0.6 is 11.3 Å². The van der Waals surface area contributed by atoms with Crippen LogP contribution in [0.3, 0.4) is 0 Å². The van der Waals surface area contributed by atoms with Gasteiger partial charge in [-0.3, -0.25) is 9.59 Å². The number of carbonyl (C=O) groups excluding carboxylic acids is 2. The van der Waals surface area contributed by atoms with Gasteiger partial charge in [0.25, 0.3) is 5.91 Å². The van der Waals surface area contributed by atoms with Crippen LogP contribution in [0.15, 0.2) is 35.5 Å². The molecule has 2 N–H and O–H groups in total. The Morgan fingerprint density at radius 3 is 3.00 bits per heavy atom. The topological polar surface area (TPSA) is 76.0 Å². The Hall–Kier alpha value is -2.15. The van der Waals surface area contributed by atoms with Gasteiger partial charge in [-0.2, -0.15) is 11.3 Å². The van der Waals surface area contributed by atoms with Crippen LogP contribution in [0, 0.1) is 0 Å². The zero-order chi connectivity index (χ0) is 15.8. The molecule has 0 bridgehead atoms. The molecule has 2 amide bonds. The van der Waals surface area contributed by atoms with Gasteiger partial charge in [0.15, 0.2) is 0 Å². The number of carbonyl (C=O) groups is 2. The van der Waals surface area contributed by atoms with Gasteiger partial charge >= 0.3 is 0 Å². The molecule has 118 valence electrons. The van der Waals surface area contributed by atoms with Gasteiger partial charge in [0.1, 0.15) is 0 Å². The third-order valence-electron chi connectivity index (χ3n) is 3.10. The van der Waals surface area contributed by atoms with Crippen molar-refractivity contribution in [3.63, 3.8) is 0 Å². The summed E-state index contributed by atoms with van der Waals surface area (Å²) >= 11 is 1.49. The molecule has 2 aromatic heterocycles. The SMILES string of the molecule is CC(Cn1ccnc1)NC(=O)CCCNC(=O)c1ccsc1. The van der Waals surface area contributed by atoms with Crippen LogP contribution in [0.5, 0.6) is 0 Å². The van der Waals surface area contributed by atoms with Gasteiger partial charge in [-0.15, -0.1) is 0 Å². The summed E-state index contributed by atoms with van der Waals surface area (Å²) in [6, 6.07) is 1.83. The fraction of sp³-hybridized carbons (Fsp3) is 0.400. The van der Waals surface area contributed by atoms with E-state index < -0.39 is 0 Å². The maximum Gasteiger partial charge on any atom is 0.252 e. The van der Waals surface area contributed by atoms with Crippen molar-refractivity contribution in [2.75, 3.05) is 6.54 Å². The van der Waals surface area contributed by atoms with Crippen LogP contribution in [-0.2, 0) is 11.3 Å². The van der Waals surface area contributed by atoms with E-state index in [9.17, 15) is 9.59 Å². The molecule has 1 atom stereocenters. The van der Waals surface area contributed by atoms with Crippen molar-refractivity contribution in [2.45, 2.75) is 32.4 Å². The lowest BCUT2D eigenvalue weighted by Crippen LogP contribution is -2.35. The standard InChI is InChI=1S/C15H20N4O2S/c1-12(9-19-7-6-16-11-19)18-14(20)3-2-5-17-15(21)13-4-8-22-10-13/h4,6-8,10-12H,2-3,5,9H2,1H3,(H,17,21)(H,18,20). The highest BCUT2D eigenvalue weighted by Gasteiger charge is 2.09. The highest BCUT2D eigenvalue weighted by atomic mass is 32.1. The molecule has 6 nitrogen and oxygen atoms in total. The molecule has 7 heteroatoms. The highest BCUT2D eigenvalue weighted by molar-refractivity contribution is 7.08. The zero-order valence-corrected chi connectivity index (χ0v) is 13.3. The zero-order valence-electron chi connectivity index (χ0n) is 12.5. The van der Waals surface area contributed by atoms with E-state index >= 15 is 0 Å². The Kier molecular flexibility index (Phi) is 6.14. The van der Waals surface area contributed by atoms with Crippen LogP contribution in [0.2, 0.25) is 0 Å². The van der Waals surface area contributed by atoms with Crippen molar-refractivity contribution in [1.29, 1.82) is 0 Å². The molecule has 0 saturated carbocycles. The average Bonchev–Trinajstić information content (AvgIpc) is 3.15. The predicted molar refractivity (Wildman–Crippen MR) is 85.7 cm³/mol. The van der Waals surface area contributed by atoms with E-state index in [2.05, 4.69) is 15.6 Å². The molecule has 0 saturated heterocycles. The predicted octanol–water partition coefficient (Wildman–Crippen LogP) is 1.66. The lowest BCUT2D eigenvalue weighted by Gasteiger charge is -2.14. The van der Waals surface area contributed by atoms with Gasteiger partial charge in [-0.25, -0.2) is 4.98 Å². The van der Waals surface area contributed by atoms with Gasteiger partial charge < -0.3 is 15.2 Å². The van der Waals surface area contributed by atoms with Crippen molar-refractivity contribution in [1.82, 2.24) is 20.2 Å². The van der Waals surface area contributed by atoms with Crippen molar-refractivity contribution in [2.24, 2.45) is 0 Å². The number of nitrogens with one attached hydrogen (secondary N) is 2. The molecule has 22 heavy (non-hydrogen) atoms. The van der Waals surface area contributed by atoms with Crippen molar-refractivity contribution in [3.8, 4) is 0 Å². The minimum Gasteiger partial charge on any atom is -0.352 e. The monoisotopic (exact) mass is 320 g/mol. The highest BCUT2D eigenvalue weighted by Crippen LogP contribution is 2.05. The second kappa shape index (κ2) is 8.33. The molecule has 0 fully saturated rings. The second-order valence-electron chi connectivity index (χ2n) is 5.10. The van der Waals surface area contributed by atoms with E-state index in [1.54, 1.807) is 24.0 Å². The maximum absolute atomic E-state index is 11.8. The molecule has 0 aliphatic rings. The lowest BCUT2D eigenvalue weighted by molar-refractivity contribution is -0.121. The van der Waals surface area contributed by atoms with E-state index in [1.165, 1.54) is 11.3 Å². The fourth-order valence-corrected chi connectivity index (χ4v) is 2.69. The van der Waals surface area contributed by atoms with Gasteiger partial charge in [0, 0.05) is 48.9 Å². The first-order valence-corrected chi connectivity index (χ1v) is 8.15. The van der Waals surface area contributed by atoms with Crippen molar-refractivity contribution >= 4 is 23.2 Å². The quantitative estimate of drug-likeness (QED) is 0.726. The molecule has 0 aromatic carbocycles. The first kappa shape index (κ1) is 16.2. The summed E-state index contributed by atoms with van der Waals surface area (Å²) in [7, 11) is 0. The van der Waals surface area contributed by atoms with Crippen LogP contribution in [0.4, 0.5) is 0 Å². The molecule has 2 aromatic rings. The molecule has 1 unspecified atom stereocenters. The Bertz CT molecular complexity index is 581. The summed E-state index contributed by atoms with van der Waals surface area (Å²) in [5.41, 5.74) is 0.670. The maximum atomic E-state index is 11.8. The summed E-state index contributed by atoms with van der Waals surface area (Å²) in [5.74, 6) is -0.0902. The smallest absolute Gasteiger partial charge is 0.252 e. The van der Waals surface area contributed by atoms with Gasteiger partial charge in [-0.1, -0.05) is 0 Å². The molecule has 0 aliphatic heterocycles. The first-order chi connectivity index (χ1) is 10.6. The summed E-state index contributed by atoms with van der Waals surface area (Å²) in [4.78, 5) is 27.5. The third kappa shape index (κ3) is 5.33. The number of rotatable bonds is 8. The van der Waals surface area contributed by atoms with Crippen LogP contribution in [0.25, 0.3) is 0 Å². The Labute approximate surface area is 133 Å². The van der Waals surface area contributed by atoms with Crippen LogP contribution in [-0.4, -0.2) is 34.0 Å². The number of imidazole rings is 1. The van der Waals surface area contributed by atoms with Gasteiger partial charge in [0.05, 0.1) is 6.33 Å². The van der Waals surface area contributed by atoms with Gasteiger partial charge in [-0.05, 0) is 24.8 Å². The molecular formula is C15H20N4O2S. The molecular weight excluding hydrogens is 300 g/mol.